The molecule has 7 amide bonds. The summed E-state index contributed by atoms with van der Waals surface area (Å²) in [4.78, 5) is 153. The van der Waals surface area contributed by atoms with Gasteiger partial charge in [-0.3, -0.25) is 29.0 Å². The van der Waals surface area contributed by atoms with Crippen LogP contribution in [-0.2, 0) is 52.5 Å². The molecule has 16 rings (SSSR count). The molecule has 6 aliphatic carbocycles. The van der Waals surface area contributed by atoms with Crippen molar-refractivity contribution in [3.05, 3.63) is 82.5 Å². The molecule has 2 aromatic carbocycles. The second-order valence-electron chi connectivity index (χ2n) is 41.2. The number of amides is 7. The number of esters is 2. The summed E-state index contributed by atoms with van der Waals surface area (Å²) in [5.41, 5.74) is -1.76. The minimum atomic E-state index is -1.32. The summed E-state index contributed by atoms with van der Waals surface area (Å²) in [6.07, 6.45) is 6.02. The number of anilines is 2. The predicted molar refractivity (Wildman–Crippen MR) is 514 cm³/mol. The average Bonchev–Trinajstić information content (AvgIpc) is 1.65. The first-order chi connectivity index (χ1) is 64.1. The van der Waals surface area contributed by atoms with Gasteiger partial charge in [-0.2, -0.15) is 0 Å². The van der Waals surface area contributed by atoms with Gasteiger partial charge in [0.1, 0.15) is 123 Å². The van der Waals surface area contributed by atoms with Crippen molar-refractivity contribution in [3.8, 4) is 45.8 Å². The lowest BCUT2D eigenvalue weighted by Gasteiger charge is -2.35. The molecule has 34 nitrogen and oxygen atoms in total. The first kappa shape index (κ1) is 99.4. The number of hydrogen-bond donors (Lipinski definition) is 7. The smallest absolute Gasteiger partial charge is 0.410 e. The lowest BCUT2D eigenvalue weighted by Crippen LogP contribution is -2.59. The van der Waals surface area contributed by atoms with E-state index in [-0.39, 0.29) is 73.2 Å². The number of carbonyl (C=O) groups is 9. The van der Waals surface area contributed by atoms with E-state index in [2.05, 4.69) is 60.2 Å². The largest absolute Gasteiger partial charge is 0.491 e. The summed E-state index contributed by atoms with van der Waals surface area (Å²) in [6, 6.07) is 6.78. The van der Waals surface area contributed by atoms with Crippen LogP contribution in [0.15, 0.2) is 72.5 Å². The molecule has 732 valence electrons. The van der Waals surface area contributed by atoms with Gasteiger partial charge in [-0.05, 0) is 159 Å². The van der Waals surface area contributed by atoms with Gasteiger partial charge >= 0.3 is 30.2 Å². The van der Waals surface area contributed by atoms with E-state index in [1.807, 2.05) is 113 Å². The van der Waals surface area contributed by atoms with E-state index >= 15 is 0 Å². The highest BCUT2D eigenvalue weighted by Crippen LogP contribution is 2.55. The summed E-state index contributed by atoms with van der Waals surface area (Å²) >= 11 is 17.2. The molecule has 6 aromatic rings. The number of methoxy groups -OCH3 is 2. The van der Waals surface area contributed by atoms with Crippen molar-refractivity contribution in [1.82, 2.24) is 71.0 Å². The zero-order valence-electron chi connectivity index (χ0n) is 79.8. The van der Waals surface area contributed by atoms with Gasteiger partial charge in [0.05, 0.1) is 49.7 Å². The van der Waals surface area contributed by atoms with Crippen LogP contribution >= 0.6 is 45.9 Å². The van der Waals surface area contributed by atoms with Gasteiger partial charge < -0.3 is 94.5 Å². The van der Waals surface area contributed by atoms with Gasteiger partial charge in [-0.25, -0.2) is 43.9 Å². The van der Waals surface area contributed by atoms with Crippen molar-refractivity contribution >= 4 is 132 Å². The maximum Gasteiger partial charge on any atom is 0.410 e. The highest BCUT2D eigenvalue weighted by Gasteiger charge is 2.64. The summed E-state index contributed by atoms with van der Waals surface area (Å²) < 4.78 is 53.7. The number of piperazine rings is 2. The molecule has 10 aliphatic rings. The van der Waals surface area contributed by atoms with E-state index in [4.69, 9.17) is 85.8 Å². The van der Waals surface area contributed by atoms with Crippen LogP contribution in [0.3, 0.4) is 0 Å². The number of ether oxygens (including phenoxy) is 9. The monoisotopic (exact) mass is 1940 g/mol. The Balaban J connectivity index is 0.000000207. The van der Waals surface area contributed by atoms with Crippen LogP contribution < -0.4 is 56.2 Å². The van der Waals surface area contributed by atoms with Crippen LogP contribution in [0, 0.1) is 46.3 Å². The normalized spacial score (nSPS) is 26.1. The Morgan fingerprint density at radius 3 is 1.29 bits per heavy atom. The molecule has 6 saturated carbocycles. The number of aromatic nitrogens is 4. The number of nitrogens with one attached hydrogen (secondary N) is 7. The molecule has 4 aliphatic heterocycles. The minimum Gasteiger partial charge on any atom is -0.491 e. The molecular weight excluding hydrogens is 1810 g/mol. The Morgan fingerprint density at radius 1 is 0.526 bits per heavy atom. The molecule has 38 heteroatoms. The van der Waals surface area contributed by atoms with Gasteiger partial charge in [0.15, 0.2) is 10.3 Å². The number of alkyl carbamates (subject to hydrolysis) is 2. The maximum atomic E-state index is 14.9. The third-order valence-corrected chi connectivity index (χ3v) is 29.3. The lowest BCUT2D eigenvalue weighted by atomic mass is 9.85. The van der Waals surface area contributed by atoms with Crippen molar-refractivity contribution in [2.45, 2.75) is 232 Å². The quantitative estimate of drug-likeness (QED) is 0.0117. The van der Waals surface area contributed by atoms with Crippen molar-refractivity contribution in [3.63, 3.8) is 0 Å². The van der Waals surface area contributed by atoms with Crippen LogP contribution in [0.25, 0.3) is 44.6 Å². The molecular formula is C97H130Cl2N16O18S2. The van der Waals surface area contributed by atoms with E-state index in [0.29, 0.717) is 160 Å². The Morgan fingerprint density at radius 2 is 0.926 bits per heavy atom. The molecule has 16 atom stereocenters. The summed E-state index contributed by atoms with van der Waals surface area (Å²) in [7, 11) is 2.53. The molecule has 4 saturated heterocycles. The topological polar surface area (TPSA) is 389 Å². The zero-order chi connectivity index (χ0) is 96.7. The Bertz CT molecular complexity index is 5410. The van der Waals surface area contributed by atoms with Crippen molar-refractivity contribution in [2.24, 2.45) is 46.3 Å². The summed E-state index contributed by atoms with van der Waals surface area (Å²) in [5.74, 6) is 0.0929. The van der Waals surface area contributed by atoms with Gasteiger partial charge in [-0.1, -0.05) is 76.9 Å². The van der Waals surface area contributed by atoms with Crippen LogP contribution in [0.1, 0.15) is 154 Å². The second kappa shape index (κ2) is 40.9. The van der Waals surface area contributed by atoms with Gasteiger partial charge in [0.2, 0.25) is 23.6 Å². The molecule has 7 N–H and O–H groups in total. The molecule has 0 spiro atoms. The number of likely N-dealkylation sites (tertiary alicyclic amines) is 2. The van der Waals surface area contributed by atoms with E-state index in [0.717, 1.165) is 70.0 Å². The maximum absolute atomic E-state index is 14.9. The fourth-order valence-corrected chi connectivity index (χ4v) is 21.5. The van der Waals surface area contributed by atoms with E-state index in [9.17, 15) is 43.2 Å². The average molecular weight is 1940 g/mol. The van der Waals surface area contributed by atoms with Crippen molar-refractivity contribution < 1.29 is 85.8 Å². The highest BCUT2D eigenvalue weighted by molar-refractivity contribution is 7.14. The number of benzene rings is 2. The summed E-state index contributed by atoms with van der Waals surface area (Å²) in [6.45, 7) is 40.7. The summed E-state index contributed by atoms with van der Waals surface area (Å²) in [5, 5.41) is 28.6. The third-order valence-electron chi connectivity index (χ3n) is 27.0. The fraction of sp³-hybridized carbons (Fsp3) is 0.619. The van der Waals surface area contributed by atoms with Gasteiger partial charge in [-0.15, -0.1) is 35.8 Å². The number of halogens is 2. The minimum absolute atomic E-state index is 0.0123. The predicted octanol–water partition coefficient (Wildman–Crippen LogP) is 12.9. The SMILES string of the molecule is C=C[C@@H]1CC1(NC(=O)[C@@H]1C[C@@H](Oc2cc(-c3csc(NC(C)C)n3)nc3c(Cl)c(OCCN4CCN(C(=O)OC(C)(C)C)CC4)ccc23)CN1C(=O)[C@@H](NC(=O)OC1C[C@@H]2C[C@@H]2C1)C(C)(C)C)C(=O)OC.C=C[C@@H]1CC1(NC(=O)[C@@H]1C[C@@H](Oc2cc(-c3csc(NC(C)C)n3)nc3c(Cl)c(OCCN4CCNCC4)ccc23)CN1C(=O)[C@@H](NC(=O)OC1C[C@@H]2C[C@@H]2C1)C(C)(C)C)C(=O)OC. The number of rotatable bonds is 32. The van der Waals surface area contributed by atoms with Crippen LogP contribution in [0.4, 0.5) is 24.6 Å². The first-order valence-electron chi connectivity index (χ1n) is 47.2. The molecule has 8 heterocycles. The van der Waals surface area contributed by atoms with E-state index in [1.54, 1.807) is 41.3 Å². The molecule has 0 bridgehead atoms. The standard InChI is InChI=1S/C51H69ClN8O10S.C46H61ClN8O8S/c1-11-31-25-51(31,45(63)66-10)57-43(61)37-23-33(26-60(37)44(62)42(49(4,5)6)56-47(64)69-32-21-29-20-30(29)22-32)68-39-24-35(36-27-71-46(55-36)53-28(2)3)54-41-34(39)12-13-38(40(41)52)67-19-18-58-14-16-59(17-15-58)48(65)70-50(7,8)9;1-8-28-22-46(28,42(58)60-7)53-40(56)34-20-30(23-55(34)41(57)39(45(4,5)6)52-44(59)63-29-18-26-17-27(26)19-29)62-36-21-32(33-24-64-43(51-33)49-25(2)3)50-38-31(36)9-10-35(37(38)47)61-16-15-54-13-11-48-12-14-54/h11-13,24,27-33,37,42H,1,14-23,25-26H2,2-10H3,(H,53,55)(H,56,64)(H,57,61);8-10,21,24-30,34,39,48H,1,11-20,22-23H2,2-7H3,(H,49,51)(H,52,59)(H,53,56)/t29-,30+,31-,32?,33-,37+,42-,51?;26-,27+,28-,29?,30-,34+,39-,46?/m11/s1. The highest BCUT2D eigenvalue weighted by atomic mass is 35.5. The zero-order valence-corrected chi connectivity index (χ0v) is 83.0. The Kier molecular flexibility index (Phi) is 30.1. The van der Waals surface area contributed by atoms with Gasteiger partial charge in [0.25, 0.3) is 0 Å². The number of thiazole rings is 2. The molecule has 4 unspecified atom stereocenters. The second-order valence-corrected chi connectivity index (χ2v) is 43.7. The number of fused-ring (bicyclic) bond motifs is 4. The lowest BCUT2D eigenvalue weighted by molar-refractivity contribution is -0.149. The Labute approximate surface area is 806 Å². The van der Waals surface area contributed by atoms with Crippen LogP contribution in [-0.4, -0.2) is 282 Å². The molecule has 135 heavy (non-hydrogen) atoms. The number of hydrogen-bond acceptors (Lipinski definition) is 29. The molecule has 0 radical (unpaired) electrons. The third kappa shape index (κ3) is 23.3. The number of nitrogens with zero attached hydrogens (tertiary/aromatic N) is 9. The molecule has 10 fully saturated rings. The van der Waals surface area contributed by atoms with E-state index in [1.165, 1.54) is 53.1 Å². The van der Waals surface area contributed by atoms with Gasteiger partial charge in [0, 0.05) is 136 Å². The number of pyridine rings is 2. The van der Waals surface area contributed by atoms with Crippen LogP contribution in [0.5, 0.6) is 23.0 Å². The van der Waals surface area contributed by atoms with Crippen molar-refractivity contribution in [2.75, 3.05) is 117 Å². The molecule has 4 aromatic heterocycles. The van der Waals surface area contributed by atoms with Crippen LogP contribution in [0.2, 0.25) is 10.0 Å². The Hall–Kier alpha value is -10.1. The number of carbonyl (C=O) groups excluding carboxylic acids is 9. The first-order valence-corrected chi connectivity index (χ1v) is 49.7. The van der Waals surface area contributed by atoms with Crippen molar-refractivity contribution in [1.29, 1.82) is 0 Å². The fourth-order valence-electron chi connectivity index (χ4n) is 19.3. The van der Waals surface area contributed by atoms with E-state index < -0.39 is 112 Å².